The highest BCUT2D eigenvalue weighted by Gasteiger charge is 2.06. The van der Waals surface area contributed by atoms with Gasteiger partial charge in [0.05, 0.1) is 0 Å². The van der Waals surface area contributed by atoms with Gasteiger partial charge in [0.25, 0.3) is 0 Å². The van der Waals surface area contributed by atoms with E-state index in [9.17, 15) is 9.18 Å². The number of carbonyl (C=O) groups is 1. The van der Waals surface area contributed by atoms with Crippen LogP contribution in [0.2, 0.25) is 0 Å². The molecule has 0 radical (unpaired) electrons. The lowest BCUT2D eigenvalue weighted by Crippen LogP contribution is -2.17. The topological polar surface area (TPSA) is 62.2 Å². The van der Waals surface area contributed by atoms with Crippen molar-refractivity contribution in [3.05, 3.63) is 24.1 Å². The monoisotopic (exact) mass is 212 g/mol. The predicted octanol–water partition coefficient (Wildman–Crippen LogP) is 1.89. The average molecular weight is 212 g/mol. The molecular formula is C10H13FN2O2. The van der Waals surface area contributed by atoms with Crippen molar-refractivity contribution in [1.82, 2.24) is 4.98 Å². The molecule has 0 aliphatic rings. The lowest BCUT2D eigenvalue weighted by atomic mass is 10.2. The van der Waals surface area contributed by atoms with Gasteiger partial charge in [0, 0.05) is 12.5 Å². The van der Waals surface area contributed by atoms with Crippen LogP contribution in [0.1, 0.15) is 19.8 Å². The second kappa shape index (κ2) is 5.29. The lowest BCUT2D eigenvalue weighted by molar-refractivity contribution is -0.137. The average Bonchev–Trinajstić information content (AvgIpc) is 2.15. The molecule has 0 saturated heterocycles. The van der Waals surface area contributed by atoms with Crippen LogP contribution >= 0.6 is 0 Å². The van der Waals surface area contributed by atoms with Crippen molar-refractivity contribution in [2.24, 2.45) is 0 Å². The van der Waals surface area contributed by atoms with Crippen LogP contribution in [0.5, 0.6) is 0 Å². The molecule has 0 amide bonds. The summed E-state index contributed by atoms with van der Waals surface area (Å²) in [7, 11) is 0. The summed E-state index contributed by atoms with van der Waals surface area (Å²) in [4.78, 5) is 13.9. The maximum absolute atomic E-state index is 12.7. The Bertz CT molecular complexity index is 344. The van der Waals surface area contributed by atoms with Gasteiger partial charge in [-0.3, -0.25) is 4.79 Å². The predicted molar refractivity (Wildman–Crippen MR) is 54.1 cm³/mol. The minimum atomic E-state index is -0.837. The molecule has 15 heavy (non-hydrogen) atoms. The van der Waals surface area contributed by atoms with Gasteiger partial charge in [-0.05, 0) is 25.5 Å². The number of nitrogens with one attached hydrogen (secondary N) is 1. The summed E-state index contributed by atoms with van der Waals surface area (Å²) in [6.07, 6.45) is 0.566. The zero-order valence-electron chi connectivity index (χ0n) is 8.40. The van der Waals surface area contributed by atoms with Gasteiger partial charge in [-0.25, -0.2) is 4.98 Å². The van der Waals surface area contributed by atoms with E-state index in [1.807, 2.05) is 6.92 Å². The molecular weight excluding hydrogens is 199 g/mol. The number of hydrogen-bond acceptors (Lipinski definition) is 3. The quantitative estimate of drug-likeness (QED) is 0.731. The summed E-state index contributed by atoms with van der Waals surface area (Å²) >= 11 is 0. The Morgan fingerprint density at radius 2 is 2.40 bits per heavy atom. The van der Waals surface area contributed by atoms with Crippen LogP contribution in [0.4, 0.5) is 10.2 Å². The maximum Gasteiger partial charge on any atom is 0.303 e. The first kappa shape index (κ1) is 11.4. The summed E-state index contributed by atoms with van der Waals surface area (Å²) in [5.41, 5.74) is 0. The molecule has 1 heterocycles. The third-order valence-electron chi connectivity index (χ3n) is 1.90. The molecule has 1 rings (SSSR count). The Hall–Kier alpha value is -1.65. The SMILES string of the molecule is CC(CCC(=O)O)Nc1cccc(F)n1. The summed E-state index contributed by atoms with van der Waals surface area (Å²) in [5, 5.41) is 11.4. The van der Waals surface area contributed by atoms with E-state index < -0.39 is 11.9 Å². The normalized spacial score (nSPS) is 12.1. The van der Waals surface area contributed by atoms with Crippen molar-refractivity contribution in [3.8, 4) is 0 Å². The Morgan fingerprint density at radius 1 is 1.67 bits per heavy atom. The van der Waals surface area contributed by atoms with E-state index in [4.69, 9.17) is 5.11 Å². The highest BCUT2D eigenvalue weighted by Crippen LogP contribution is 2.08. The molecule has 1 atom stereocenters. The van der Waals surface area contributed by atoms with E-state index in [2.05, 4.69) is 10.3 Å². The number of carboxylic acids is 1. The maximum atomic E-state index is 12.7. The largest absolute Gasteiger partial charge is 0.481 e. The molecule has 0 saturated carbocycles. The van der Waals surface area contributed by atoms with Gasteiger partial charge in [0.2, 0.25) is 5.95 Å². The third-order valence-corrected chi connectivity index (χ3v) is 1.90. The zero-order valence-corrected chi connectivity index (χ0v) is 8.40. The van der Waals surface area contributed by atoms with Gasteiger partial charge < -0.3 is 10.4 Å². The minimum Gasteiger partial charge on any atom is -0.481 e. The lowest BCUT2D eigenvalue weighted by Gasteiger charge is -2.12. The first-order valence-electron chi connectivity index (χ1n) is 4.69. The summed E-state index contributed by atoms with van der Waals surface area (Å²) < 4.78 is 12.7. The summed E-state index contributed by atoms with van der Waals surface area (Å²) in [6, 6.07) is 4.40. The van der Waals surface area contributed by atoms with E-state index >= 15 is 0 Å². The molecule has 0 bridgehead atoms. The van der Waals surface area contributed by atoms with Crippen LogP contribution in [-0.2, 0) is 4.79 Å². The molecule has 0 fully saturated rings. The standard InChI is InChI=1S/C10H13FN2O2/c1-7(5-6-10(14)15)12-9-4-2-3-8(11)13-9/h2-4,7H,5-6H2,1H3,(H,12,13)(H,14,15). The fraction of sp³-hybridized carbons (Fsp3) is 0.400. The second-order valence-corrected chi connectivity index (χ2v) is 3.32. The second-order valence-electron chi connectivity index (χ2n) is 3.32. The molecule has 1 aromatic rings. The Labute approximate surface area is 87.1 Å². The van der Waals surface area contributed by atoms with Crippen molar-refractivity contribution < 1.29 is 14.3 Å². The van der Waals surface area contributed by atoms with Crippen LogP contribution < -0.4 is 5.32 Å². The number of anilines is 1. The Kier molecular flexibility index (Phi) is 4.03. The highest BCUT2D eigenvalue weighted by atomic mass is 19.1. The van der Waals surface area contributed by atoms with E-state index in [-0.39, 0.29) is 12.5 Å². The molecule has 2 N–H and O–H groups in total. The Balaban J connectivity index is 2.44. The number of pyridine rings is 1. The van der Waals surface area contributed by atoms with Gasteiger partial charge in [-0.1, -0.05) is 6.07 Å². The van der Waals surface area contributed by atoms with Crippen LogP contribution in [0, 0.1) is 5.95 Å². The number of rotatable bonds is 5. The van der Waals surface area contributed by atoms with E-state index in [1.54, 1.807) is 12.1 Å². The summed E-state index contributed by atoms with van der Waals surface area (Å²) in [6.45, 7) is 1.83. The van der Waals surface area contributed by atoms with Gasteiger partial charge in [0.15, 0.2) is 0 Å². The Morgan fingerprint density at radius 3 is 3.00 bits per heavy atom. The molecule has 0 spiro atoms. The minimum absolute atomic E-state index is 0.0459. The number of hydrogen-bond donors (Lipinski definition) is 2. The van der Waals surface area contributed by atoms with E-state index in [0.29, 0.717) is 12.2 Å². The zero-order chi connectivity index (χ0) is 11.3. The van der Waals surface area contributed by atoms with Crippen LogP contribution in [0.15, 0.2) is 18.2 Å². The molecule has 1 aromatic heterocycles. The highest BCUT2D eigenvalue weighted by molar-refractivity contribution is 5.66. The van der Waals surface area contributed by atoms with Crippen LogP contribution in [0.3, 0.4) is 0 Å². The third kappa shape index (κ3) is 4.39. The molecule has 0 aliphatic heterocycles. The number of aliphatic carboxylic acids is 1. The van der Waals surface area contributed by atoms with Gasteiger partial charge in [0.1, 0.15) is 5.82 Å². The van der Waals surface area contributed by atoms with Crippen molar-refractivity contribution in [1.29, 1.82) is 0 Å². The number of halogens is 1. The number of carboxylic acid groups (broad SMARTS) is 1. The molecule has 5 heteroatoms. The van der Waals surface area contributed by atoms with Gasteiger partial charge in [-0.2, -0.15) is 4.39 Å². The van der Waals surface area contributed by atoms with Gasteiger partial charge in [-0.15, -0.1) is 0 Å². The summed E-state index contributed by atoms with van der Waals surface area (Å²) in [5.74, 6) is -0.964. The van der Waals surface area contributed by atoms with Gasteiger partial charge >= 0.3 is 5.97 Å². The van der Waals surface area contributed by atoms with Crippen LogP contribution in [-0.4, -0.2) is 22.1 Å². The van der Waals surface area contributed by atoms with Crippen molar-refractivity contribution >= 4 is 11.8 Å². The van der Waals surface area contributed by atoms with E-state index in [0.717, 1.165) is 0 Å². The first-order valence-corrected chi connectivity index (χ1v) is 4.69. The number of nitrogens with zero attached hydrogens (tertiary/aromatic N) is 1. The molecule has 4 nitrogen and oxygen atoms in total. The van der Waals surface area contributed by atoms with E-state index in [1.165, 1.54) is 6.07 Å². The van der Waals surface area contributed by atoms with Crippen molar-refractivity contribution in [3.63, 3.8) is 0 Å². The van der Waals surface area contributed by atoms with Crippen LogP contribution in [0.25, 0.3) is 0 Å². The first-order chi connectivity index (χ1) is 7.08. The molecule has 82 valence electrons. The van der Waals surface area contributed by atoms with Crippen molar-refractivity contribution in [2.45, 2.75) is 25.8 Å². The molecule has 0 aliphatic carbocycles. The van der Waals surface area contributed by atoms with Crippen molar-refractivity contribution in [2.75, 3.05) is 5.32 Å². The fourth-order valence-corrected chi connectivity index (χ4v) is 1.15. The fourth-order valence-electron chi connectivity index (χ4n) is 1.15. The molecule has 0 aromatic carbocycles. The molecule has 1 unspecified atom stereocenters. The smallest absolute Gasteiger partial charge is 0.303 e. The number of aromatic nitrogens is 1.